The molecule has 1 atom stereocenters. The van der Waals surface area contributed by atoms with Crippen molar-refractivity contribution >= 4 is 18.2 Å². The zero-order valence-corrected chi connectivity index (χ0v) is 10.7. The lowest BCUT2D eigenvalue weighted by Gasteiger charge is -2.29. The van der Waals surface area contributed by atoms with E-state index in [4.69, 9.17) is 0 Å². The third-order valence-corrected chi connectivity index (χ3v) is 3.33. The molecule has 0 aromatic heterocycles. The number of aldehydes is 1. The summed E-state index contributed by atoms with van der Waals surface area (Å²) in [6.07, 6.45) is 2.74. The SMILES string of the molecule is Cc1ccc(N2N=Cc3ccccc3C2C=O)cc1. The average molecular weight is 250 g/mol. The number of hydrogen-bond acceptors (Lipinski definition) is 3. The summed E-state index contributed by atoms with van der Waals surface area (Å²) >= 11 is 0. The van der Waals surface area contributed by atoms with Gasteiger partial charge >= 0.3 is 0 Å². The van der Waals surface area contributed by atoms with Crippen LogP contribution in [0.15, 0.2) is 53.6 Å². The third-order valence-electron chi connectivity index (χ3n) is 3.33. The van der Waals surface area contributed by atoms with E-state index in [1.807, 2.05) is 55.5 Å². The molecule has 3 nitrogen and oxygen atoms in total. The Bertz CT molecular complexity index is 631. The summed E-state index contributed by atoms with van der Waals surface area (Å²) in [5, 5.41) is 6.16. The van der Waals surface area contributed by atoms with Gasteiger partial charge in [-0.15, -0.1) is 0 Å². The van der Waals surface area contributed by atoms with E-state index in [-0.39, 0.29) is 6.04 Å². The van der Waals surface area contributed by atoms with Gasteiger partial charge in [-0.25, -0.2) is 0 Å². The second-order valence-electron chi connectivity index (χ2n) is 4.63. The van der Waals surface area contributed by atoms with Crippen molar-refractivity contribution in [1.29, 1.82) is 0 Å². The van der Waals surface area contributed by atoms with Crippen molar-refractivity contribution in [2.45, 2.75) is 13.0 Å². The first-order valence-corrected chi connectivity index (χ1v) is 6.24. The molecule has 0 N–H and O–H groups in total. The van der Waals surface area contributed by atoms with Gasteiger partial charge in [0, 0.05) is 5.56 Å². The van der Waals surface area contributed by atoms with Crippen LogP contribution >= 0.6 is 0 Å². The van der Waals surface area contributed by atoms with Gasteiger partial charge in [0.15, 0.2) is 0 Å². The maximum Gasteiger partial charge on any atom is 0.149 e. The summed E-state index contributed by atoms with van der Waals surface area (Å²) in [7, 11) is 0. The van der Waals surface area contributed by atoms with Crippen LogP contribution in [0.25, 0.3) is 0 Å². The Morgan fingerprint density at radius 1 is 1.11 bits per heavy atom. The minimum Gasteiger partial charge on any atom is -0.301 e. The second kappa shape index (κ2) is 4.69. The second-order valence-corrected chi connectivity index (χ2v) is 4.63. The van der Waals surface area contributed by atoms with Gasteiger partial charge in [-0.2, -0.15) is 5.10 Å². The molecule has 0 bridgehead atoms. The number of hydrazone groups is 1. The van der Waals surface area contributed by atoms with E-state index in [9.17, 15) is 4.79 Å². The maximum absolute atomic E-state index is 11.5. The van der Waals surface area contributed by atoms with Crippen molar-refractivity contribution in [3.05, 3.63) is 65.2 Å². The highest BCUT2D eigenvalue weighted by Gasteiger charge is 2.25. The minimum atomic E-state index is -0.357. The highest BCUT2D eigenvalue weighted by atomic mass is 16.1. The predicted molar refractivity (Wildman–Crippen MR) is 76.5 cm³/mol. The number of benzene rings is 2. The highest BCUT2D eigenvalue weighted by Crippen LogP contribution is 2.30. The molecule has 1 aliphatic heterocycles. The van der Waals surface area contributed by atoms with Crippen LogP contribution in [0.2, 0.25) is 0 Å². The molecule has 0 fully saturated rings. The fraction of sp³-hybridized carbons (Fsp3) is 0.125. The lowest BCUT2D eigenvalue weighted by atomic mass is 9.99. The number of anilines is 1. The molecule has 94 valence electrons. The number of hydrogen-bond donors (Lipinski definition) is 0. The Balaban J connectivity index is 2.05. The molecule has 0 amide bonds. The van der Waals surface area contributed by atoms with E-state index < -0.39 is 0 Å². The topological polar surface area (TPSA) is 32.7 Å². The molecule has 0 spiro atoms. The molecule has 1 heterocycles. The number of nitrogens with zero attached hydrogens (tertiary/aromatic N) is 2. The third kappa shape index (κ3) is 2.03. The summed E-state index contributed by atoms with van der Waals surface area (Å²) < 4.78 is 0. The Labute approximate surface area is 112 Å². The Hall–Kier alpha value is -2.42. The van der Waals surface area contributed by atoms with Crippen LogP contribution in [0, 0.1) is 6.92 Å². The summed E-state index contributed by atoms with van der Waals surface area (Å²) in [4.78, 5) is 11.5. The van der Waals surface area contributed by atoms with Crippen LogP contribution < -0.4 is 5.01 Å². The number of carbonyl (C=O) groups is 1. The van der Waals surface area contributed by atoms with Crippen molar-refractivity contribution < 1.29 is 4.79 Å². The summed E-state index contributed by atoms with van der Waals surface area (Å²) in [5.74, 6) is 0. The molecule has 3 rings (SSSR count). The molecule has 1 aliphatic rings. The monoisotopic (exact) mass is 250 g/mol. The normalized spacial score (nSPS) is 17.1. The predicted octanol–water partition coefficient (Wildman–Crippen LogP) is 3.09. The van der Waals surface area contributed by atoms with Gasteiger partial charge in [-0.1, -0.05) is 42.0 Å². The van der Waals surface area contributed by atoms with Crippen molar-refractivity contribution in [2.75, 3.05) is 5.01 Å². The van der Waals surface area contributed by atoms with Gasteiger partial charge in [0.05, 0.1) is 11.9 Å². The van der Waals surface area contributed by atoms with Crippen molar-refractivity contribution in [3.63, 3.8) is 0 Å². The molecule has 0 saturated carbocycles. The van der Waals surface area contributed by atoms with E-state index in [2.05, 4.69) is 5.10 Å². The Kier molecular flexibility index (Phi) is 2.88. The van der Waals surface area contributed by atoms with Gasteiger partial charge in [-0.3, -0.25) is 5.01 Å². The molecule has 1 unspecified atom stereocenters. The summed E-state index contributed by atoms with van der Waals surface area (Å²) in [6.45, 7) is 2.04. The first kappa shape index (κ1) is 11.7. The standard InChI is InChI=1S/C16H14N2O/c1-12-6-8-14(9-7-12)18-16(11-19)15-5-3-2-4-13(15)10-17-18/h2-11,16H,1H3. The van der Waals surface area contributed by atoms with E-state index in [1.165, 1.54) is 5.56 Å². The average Bonchev–Trinajstić information content (AvgIpc) is 2.47. The molecule has 0 saturated heterocycles. The summed E-state index contributed by atoms with van der Waals surface area (Å²) in [5.41, 5.74) is 4.11. The molecule has 3 heteroatoms. The lowest BCUT2D eigenvalue weighted by Crippen LogP contribution is -2.28. The zero-order valence-electron chi connectivity index (χ0n) is 10.7. The van der Waals surface area contributed by atoms with E-state index >= 15 is 0 Å². The van der Waals surface area contributed by atoms with Crippen LogP contribution in [0.4, 0.5) is 5.69 Å². The van der Waals surface area contributed by atoms with Gasteiger partial charge < -0.3 is 4.79 Å². The fourth-order valence-corrected chi connectivity index (χ4v) is 2.28. The van der Waals surface area contributed by atoms with Crippen LogP contribution in [-0.2, 0) is 4.79 Å². The van der Waals surface area contributed by atoms with E-state index in [0.717, 1.165) is 23.1 Å². The highest BCUT2D eigenvalue weighted by molar-refractivity contribution is 5.88. The van der Waals surface area contributed by atoms with Crippen LogP contribution in [-0.4, -0.2) is 12.5 Å². The first-order valence-electron chi connectivity index (χ1n) is 6.24. The number of aryl methyl sites for hydroxylation is 1. The molecule has 2 aromatic carbocycles. The van der Waals surface area contributed by atoms with E-state index in [0.29, 0.717) is 0 Å². The lowest BCUT2D eigenvalue weighted by molar-refractivity contribution is -0.109. The van der Waals surface area contributed by atoms with Crippen LogP contribution in [0.1, 0.15) is 22.7 Å². The molecule has 2 aromatic rings. The number of fused-ring (bicyclic) bond motifs is 1. The molecule has 19 heavy (non-hydrogen) atoms. The van der Waals surface area contributed by atoms with Gasteiger partial charge in [0.1, 0.15) is 12.3 Å². The smallest absolute Gasteiger partial charge is 0.149 e. The van der Waals surface area contributed by atoms with Gasteiger partial charge in [0.2, 0.25) is 0 Å². The van der Waals surface area contributed by atoms with Crippen molar-refractivity contribution in [3.8, 4) is 0 Å². The molecule has 0 radical (unpaired) electrons. The van der Waals surface area contributed by atoms with Gasteiger partial charge in [-0.05, 0) is 24.6 Å². The first-order chi connectivity index (χ1) is 9.29. The summed E-state index contributed by atoms with van der Waals surface area (Å²) in [6, 6.07) is 15.5. The number of carbonyl (C=O) groups excluding carboxylic acids is 1. The molecular weight excluding hydrogens is 236 g/mol. The molecular formula is C16H14N2O. The quantitative estimate of drug-likeness (QED) is 0.767. The number of rotatable bonds is 2. The largest absolute Gasteiger partial charge is 0.301 e. The molecule has 0 aliphatic carbocycles. The van der Waals surface area contributed by atoms with Crippen LogP contribution in [0.5, 0.6) is 0 Å². The van der Waals surface area contributed by atoms with Crippen LogP contribution in [0.3, 0.4) is 0 Å². The zero-order chi connectivity index (χ0) is 13.2. The minimum absolute atomic E-state index is 0.357. The Morgan fingerprint density at radius 3 is 2.58 bits per heavy atom. The van der Waals surface area contributed by atoms with Crippen molar-refractivity contribution in [2.24, 2.45) is 5.10 Å². The van der Waals surface area contributed by atoms with E-state index in [1.54, 1.807) is 11.2 Å². The van der Waals surface area contributed by atoms with Crippen molar-refractivity contribution in [1.82, 2.24) is 0 Å². The Morgan fingerprint density at radius 2 is 1.84 bits per heavy atom. The van der Waals surface area contributed by atoms with Gasteiger partial charge in [0.25, 0.3) is 0 Å². The fourth-order valence-electron chi connectivity index (χ4n) is 2.28. The maximum atomic E-state index is 11.5.